The van der Waals surface area contributed by atoms with Crippen molar-refractivity contribution >= 4 is 17.8 Å². The maximum absolute atomic E-state index is 6.00. The highest BCUT2D eigenvalue weighted by molar-refractivity contribution is 5.51. The number of rotatable bonds is 3. The molecule has 0 atom stereocenters. The molecular weight excluding hydrogens is 456 g/mol. The van der Waals surface area contributed by atoms with Gasteiger partial charge in [0.2, 0.25) is 17.8 Å². The van der Waals surface area contributed by atoms with Crippen molar-refractivity contribution in [3.8, 4) is 17.2 Å². The van der Waals surface area contributed by atoms with Crippen LogP contribution in [0.5, 0.6) is 17.2 Å². The number of para-hydroxylation sites is 3. The fourth-order valence-corrected chi connectivity index (χ4v) is 4.67. The lowest BCUT2D eigenvalue weighted by molar-refractivity contribution is 0.280. The highest BCUT2D eigenvalue weighted by atomic mass is 16.5. The summed E-state index contributed by atoms with van der Waals surface area (Å²) >= 11 is 0. The van der Waals surface area contributed by atoms with Crippen LogP contribution in [0.15, 0.2) is 72.8 Å². The van der Waals surface area contributed by atoms with Crippen LogP contribution < -0.4 is 28.9 Å². The Morgan fingerprint density at radius 2 is 0.750 bits per heavy atom. The van der Waals surface area contributed by atoms with E-state index in [9.17, 15) is 0 Å². The second kappa shape index (κ2) is 8.60. The van der Waals surface area contributed by atoms with E-state index in [1.165, 1.54) is 0 Å². The molecule has 0 saturated carbocycles. The largest absolute Gasteiger partial charge is 0.473 e. The molecule has 0 bridgehead atoms. The van der Waals surface area contributed by atoms with E-state index >= 15 is 0 Å². The molecular formula is C27H24N6O3. The summed E-state index contributed by atoms with van der Waals surface area (Å²) in [5, 5.41) is 0. The monoisotopic (exact) mass is 480 g/mol. The molecule has 3 aliphatic heterocycles. The summed E-state index contributed by atoms with van der Waals surface area (Å²) in [6, 6.07) is 24.1. The maximum Gasteiger partial charge on any atom is 0.234 e. The number of hydrogen-bond acceptors (Lipinski definition) is 9. The molecule has 9 heteroatoms. The van der Waals surface area contributed by atoms with Gasteiger partial charge in [0, 0.05) is 16.7 Å². The van der Waals surface area contributed by atoms with Gasteiger partial charge in [-0.3, -0.25) is 0 Å². The summed E-state index contributed by atoms with van der Waals surface area (Å²) in [5.74, 6) is 4.35. The molecule has 180 valence electrons. The van der Waals surface area contributed by atoms with Crippen molar-refractivity contribution in [2.45, 2.75) is 19.6 Å². The van der Waals surface area contributed by atoms with E-state index < -0.39 is 0 Å². The number of fused-ring (bicyclic) bond motifs is 3. The SMILES string of the molecule is c1ccc2c(c1)CN(c1nc(N3COc4ccccc4C3)nc(N3COc4ccccc4C3)n1)CO2. The predicted molar refractivity (Wildman–Crippen MR) is 134 cm³/mol. The Morgan fingerprint density at radius 3 is 1.08 bits per heavy atom. The summed E-state index contributed by atoms with van der Waals surface area (Å²) < 4.78 is 18.0. The first-order valence-electron chi connectivity index (χ1n) is 11.9. The van der Waals surface area contributed by atoms with Gasteiger partial charge in [0.15, 0.2) is 20.2 Å². The molecule has 0 amide bonds. The lowest BCUT2D eigenvalue weighted by Crippen LogP contribution is -2.38. The number of nitrogens with zero attached hydrogens (tertiary/aromatic N) is 6. The molecule has 9 nitrogen and oxygen atoms in total. The van der Waals surface area contributed by atoms with Crippen LogP contribution in [0, 0.1) is 0 Å². The lowest BCUT2D eigenvalue weighted by Gasteiger charge is -2.33. The first-order valence-corrected chi connectivity index (χ1v) is 11.9. The number of benzene rings is 3. The average molecular weight is 481 g/mol. The van der Waals surface area contributed by atoms with Gasteiger partial charge in [-0.15, -0.1) is 0 Å². The van der Waals surface area contributed by atoms with Gasteiger partial charge < -0.3 is 28.9 Å². The fourth-order valence-electron chi connectivity index (χ4n) is 4.67. The fraction of sp³-hybridized carbons (Fsp3) is 0.222. The van der Waals surface area contributed by atoms with Crippen molar-refractivity contribution in [1.29, 1.82) is 0 Å². The number of ether oxygens (including phenoxy) is 3. The van der Waals surface area contributed by atoms with Crippen molar-refractivity contribution in [2.24, 2.45) is 0 Å². The number of hydrogen-bond donors (Lipinski definition) is 0. The normalized spacial score (nSPS) is 16.2. The molecule has 0 fully saturated rings. The van der Waals surface area contributed by atoms with Crippen molar-refractivity contribution in [3.63, 3.8) is 0 Å². The lowest BCUT2D eigenvalue weighted by atomic mass is 10.1. The van der Waals surface area contributed by atoms with Crippen molar-refractivity contribution in [1.82, 2.24) is 15.0 Å². The summed E-state index contributed by atoms with van der Waals surface area (Å²) in [7, 11) is 0. The second-order valence-corrected chi connectivity index (χ2v) is 8.97. The van der Waals surface area contributed by atoms with Crippen LogP contribution >= 0.6 is 0 Å². The third-order valence-corrected chi connectivity index (χ3v) is 6.58. The topological polar surface area (TPSA) is 76.1 Å². The zero-order valence-electron chi connectivity index (χ0n) is 19.6. The molecule has 4 aromatic rings. The van der Waals surface area contributed by atoms with E-state index in [0.29, 0.717) is 57.7 Å². The highest BCUT2D eigenvalue weighted by Crippen LogP contribution is 2.32. The Kier molecular flexibility index (Phi) is 4.97. The van der Waals surface area contributed by atoms with Crippen LogP contribution in [0.25, 0.3) is 0 Å². The Labute approximate surface area is 208 Å². The molecule has 0 saturated heterocycles. The molecule has 0 spiro atoms. The number of aromatic nitrogens is 3. The van der Waals surface area contributed by atoms with Gasteiger partial charge in [0.1, 0.15) is 17.2 Å². The molecule has 3 aromatic carbocycles. The van der Waals surface area contributed by atoms with Gasteiger partial charge in [0.25, 0.3) is 0 Å². The Bertz CT molecular complexity index is 1250. The van der Waals surface area contributed by atoms with Gasteiger partial charge in [-0.2, -0.15) is 15.0 Å². The first kappa shape index (κ1) is 20.8. The van der Waals surface area contributed by atoms with Crippen LogP contribution in [-0.2, 0) is 19.6 Å². The zero-order chi connectivity index (χ0) is 23.9. The summed E-state index contributed by atoms with van der Waals surface area (Å²) in [4.78, 5) is 20.7. The third kappa shape index (κ3) is 3.78. The van der Waals surface area contributed by atoms with E-state index in [2.05, 4.69) is 18.2 Å². The third-order valence-electron chi connectivity index (χ3n) is 6.58. The van der Waals surface area contributed by atoms with E-state index in [0.717, 1.165) is 33.9 Å². The summed E-state index contributed by atoms with van der Waals surface area (Å²) in [6.07, 6.45) is 0. The minimum absolute atomic E-state index is 0.360. The molecule has 36 heavy (non-hydrogen) atoms. The first-order chi connectivity index (χ1) is 17.8. The van der Waals surface area contributed by atoms with Gasteiger partial charge in [-0.25, -0.2) is 0 Å². The molecule has 0 radical (unpaired) electrons. The summed E-state index contributed by atoms with van der Waals surface area (Å²) in [6.45, 7) is 3.03. The second-order valence-electron chi connectivity index (χ2n) is 8.97. The Morgan fingerprint density at radius 1 is 0.444 bits per heavy atom. The Balaban J connectivity index is 1.25. The number of anilines is 3. The van der Waals surface area contributed by atoms with Crippen LogP contribution in [0.3, 0.4) is 0 Å². The van der Waals surface area contributed by atoms with Gasteiger partial charge >= 0.3 is 0 Å². The quantitative estimate of drug-likeness (QED) is 0.433. The highest BCUT2D eigenvalue weighted by Gasteiger charge is 2.27. The molecule has 7 rings (SSSR count). The molecule has 3 aliphatic rings. The average Bonchev–Trinajstić information content (AvgIpc) is 2.96. The van der Waals surface area contributed by atoms with E-state index in [4.69, 9.17) is 29.2 Å². The van der Waals surface area contributed by atoms with Crippen LogP contribution in [-0.4, -0.2) is 35.1 Å². The Hall–Kier alpha value is -4.53. The van der Waals surface area contributed by atoms with E-state index in [1.54, 1.807) is 0 Å². The summed E-state index contributed by atoms with van der Waals surface area (Å²) in [5.41, 5.74) is 3.29. The van der Waals surface area contributed by atoms with Crippen molar-refractivity contribution in [3.05, 3.63) is 89.5 Å². The van der Waals surface area contributed by atoms with E-state index in [1.807, 2.05) is 69.3 Å². The van der Waals surface area contributed by atoms with Crippen LogP contribution in [0.4, 0.5) is 17.8 Å². The molecule has 4 heterocycles. The minimum atomic E-state index is 0.360. The predicted octanol–water partition coefficient (Wildman–Crippen LogP) is 3.94. The smallest absolute Gasteiger partial charge is 0.234 e. The van der Waals surface area contributed by atoms with Crippen LogP contribution in [0.2, 0.25) is 0 Å². The zero-order valence-corrected chi connectivity index (χ0v) is 19.6. The van der Waals surface area contributed by atoms with Gasteiger partial charge in [0.05, 0.1) is 19.6 Å². The maximum atomic E-state index is 6.00. The van der Waals surface area contributed by atoms with Crippen molar-refractivity contribution < 1.29 is 14.2 Å². The van der Waals surface area contributed by atoms with Crippen molar-refractivity contribution in [2.75, 3.05) is 34.9 Å². The van der Waals surface area contributed by atoms with Crippen LogP contribution in [0.1, 0.15) is 16.7 Å². The molecule has 1 aromatic heterocycles. The minimum Gasteiger partial charge on any atom is -0.473 e. The molecule has 0 N–H and O–H groups in total. The molecule has 0 unspecified atom stereocenters. The van der Waals surface area contributed by atoms with E-state index in [-0.39, 0.29) is 0 Å². The van der Waals surface area contributed by atoms with Gasteiger partial charge in [-0.1, -0.05) is 54.6 Å². The van der Waals surface area contributed by atoms with Gasteiger partial charge in [-0.05, 0) is 18.2 Å². The standard InChI is InChI=1S/C27H24N6O3/c1-4-10-22-19(7-1)13-31(16-34-22)25-28-26(32-14-20-8-2-5-11-23(20)35-17-32)30-27(29-25)33-15-21-9-3-6-12-24(21)36-18-33/h1-12H,13-18H2. The molecule has 0 aliphatic carbocycles.